The van der Waals surface area contributed by atoms with Crippen LogP contribution >= 0.6 is 0 Å². The zero-order chi connectivity index (χ0) is 13.9. The Bertz CT molecular complexity index is 453. The van der Waals surface area contributed by atoms with Crippen LogP contribution in [0.3, 0.4) is 0 Å². The molecule has 0 unspecified atom stereocenters. The van der Waals surface area contributed by atoms with Gasteiger partial charge in [0.15, 0.2) is 0 Å². The minimum Gasteiger partial charge on any atom is -0.476 e. The monoisotopic (exact) mass is 276 g/mol. The van der Waals surface area contributed by atoms with Gasteiger partial charge in [-0.2, -0.15) is 4.98 Å². The normalized spacial score (nSPS) is 20.9. The highest BCUT2D eigenvalue weighted by atomic mass is 16.5. The number of nitrogens with zero attached hydrogens (tertiary/aromatic N) is 2. The van der Waals surface area contributed by atoms with Crippen molar-refractivity contribution in [1.82, 2.24) is 9.88 Å². The van der Waals surface area contributed by atoms with E-state index in [0.717, 1.165) is 38.4 Å². The van der Waals surface area contributed by atoms with Crippen LogP contribution in [0.15, 0.2) is 12.1 Å². The molecule has 1 aliphatic heterocycles. The fourth-order valence-corrected chi connectivity index (χ4v) is 2.49. The third-order valence-electron chi connectivity index (χ3n) is 4.11. The van der Waals surface area contributed by atoms with Crippen LogP contribution in [0.4, 0.5) is 11.5 Å². The first-order valence-electron chi connectivity index (χ1n) is 7.55. The van der Waals surface area contributed by atoms with E-state index in [0.29, 0.717) is 23.5 Å². The van der Waals surface area contributed by atoms with Gasteiger partial charge in [0.05, 0.1) is 12.3 Å². The number of nitrogen functional groups attached to an aromatic ring is 1. The summed E-state index contributed by atoms with van der Waals surface area (Å²) >= 11 is 0. The maximum absolute atomic E-state index is 5.93. The Morgan fingerprint density at radius 1 is 1.30 bits per heavy atom. The number of pyridine rings is 1. The topological polar surface area (TPSA) is 63.4 Å². The summed E-state index contributed by atoms with van der Waals surface area (Å²) in [6.45, 7) is 3.02. The fourth-order valence-electron chi connectivity index (χ4n) is 2.49. The van der Waals surface area contributed by atoms with Crippen molar-refractivity contribution >= 4 is 11.5 Å². The molecule has 2 fully saturated rings. The smallest absolute Gasteiger partial charge is 0.239 e. The summed E-state index contributed by atoms with van der Waals surface area (Å²) in [4.78, 5) is 6.87. The largest absolute Gasteiger partial charge is 0.476 e. The van der Waals surface area contributed by atoms with E-state index in [1.54, 1.807) is 0 Å². The zero-order valence-electron chi connectivity index (χ0n) is 12.1. The maximum atomic E-state index is 5.93. The van der Waals surface area contributed by atoms with Crippen LogP contribution in [-0.4, -0.2) is 42.7 Å². The van der Waals surface area contributed by atoms with Crippen LogP contribution in [0.1, 0.15) is 25.7 Å². The van der Waals surface area contributed by atoms with Gasteiger partial charge in [-0.25, -0.2) is 0 Å². The average Bonchev–Trinajstić information content (AvgIpc) is 3.26. The predicted molar refractivity (Wildman–Crippen MR) is 81.0 cm³/mol. The van der Waals surface area contributed by atoms with E-state index in [9.17, 15) is 0 Å². The molecule has 3 rings (SSSR count). The van der Waals surface area contributed by atoms with Crippen LogP contribution in [0.5, 0.6) is 5.88 Å². The molecule has 20 heavy (non-hydrogen) atoms. The molecule has 1 aliphatic carbocycles. The van der Waals surface area contributed by atoms with Crippen molar-refractivity contribution in [2.45, 2.75) is 31.7 Å². The molecule has 3 N–H and O–H groups in total. The van der Waals surface area contributed by atoms with Crippen molar-refractivity contribution in [3.05, 3.63) is 12.1 Å². The lowest BCUT2D eigenvalue weighted by molar-refractivity contribution is 0.263. The van der Waals surface area contributed by atoms with Crippen molar-refractivity contribution < 1.29 is 4.74 Å². The molecule has 1 saturated heterocycles. The van der Waals surface area contributed by atoms with Gasteiger partial charge in [0, 0.05) is 6.04 Å². The lowest BCUT2D eigenvalue weighted by Crippen LogP contribution is -2.36. The maximum Gasteiger partial charge on any atom is 0.239 e. The number of rotatable bonds is 5. The van der Waals surface area contributed by atoms with Crippen molar-refractivity contribution in [3.63, 3.8) is 0 Å². The second kappa shape index (κ2) is 5.87. The summed E-state index contributed by atoms with van der Waals surface area (Å²) in [5.41, 5.74) is 6.55. The lowest BCUT2D eigenvalue weighted by Gasteiger charge is -2.29. The Labute approximate surface area is 120 Å². The predicted octanol–water partition coefficient (Wildman–Crippen LogP) is 1.96. The van der Waals surface area contributed by atoms with Crippen LogP contribution < -0.4 is 15.8 Å². The third kappa shape index (κ3) is 3.54. The van der Waals surface area contributed by atoms with E-state index in [1.807, 2.05) is 12.1 Å². The van der Waals surface area contributed by atoms with Gasteiger partial charge in [0.2, 0.25) is 5.88 Å². The number of aromatic nitrogens is 1. The first-order valence-corrected chi connectivity index (χ1v) is 7.55. The Hall–Kier alpha value is -1.49. The highest BCUT2D eigenvalue weighted by Crippen LogP contribution is 2.30. The van der Waals surface area contributed by atoms with Gasteiger partial charge in [-0.1, -0.05) is 0 Å². The highest BCUT2D eigenvalue weighted by Gasteiger charge is 2.23. The number of ether oxygens (including phenoxy) is 1. The molecule has 5 nitrogen and oxygen atoms in total. The second-order valence-electron chi connectivity index (χ2n) is 6.07. The first-order chi connectivity index (χ1) is 9.70. The van der Waals surface area contributed by atoms with Crippen LogP contribution in [0.25, 0.3) is 0 Å². The van der Waals surface area contributed by atoms with Crippen molar-refractivity contribution in [2.75, 3.05) is 37.8 Å². The number of hydrogen-bond acceptors (Lipinski definition) is 5. The minimum absolute atomic E-state index is 0.499. The van der Waals surface area contributed by atoms with E-state index in [2.05, 4.69) is 22.2 Å². The first kappa shape index (κ1) is 13.5. The fraction of sp³-hybridized carbons (Fsp3) is 0.667. The number of nitrogens with two attached hydrogens (primary N) is 1. The molecule has 0 spiro atoms. The number of anilines is 2. The molecule has 0 amide bonds. The van der Waals surface area contributed by atoms with E-state index < -0.39 is 0 Å². The SMILES string of the molecule is CN1CCC(Nc2ccc(N)c(OCC3CC3)n2)CC1. The second-order valence-corrected chi connectivity index (χ2v) is 6.07. The number of nitrogens with one attached hydrogen (secondary N) is 1. The van der Waals surface area contributed by atoms with E-state index in [1.165, 1.54) is 12.8 Å². The summed E-state index contributed by atoms with van der Waals surface area (Å²) in [6.07, 6.45) is 4.85. The molecule has 0 atom stereocenters. The van der Waals surface area contributed by atoms with Gasteiger partial charge in [-0.15, -0.1) is 0 Å². The molecular formula is C15H24N4O. The van der Waals surface area contributed by atoms with Crippen LogP contribution in [-0.2, 0) is 0 Å². The average molecular weight is 276 g/mol. The Balaban J connectivity index is 1.59. The molecule has 1 aromatic rings. The number of hydrogen-bond donors (Lipinski definition) is 2. The molecule has 0 radical (unpaired) electrons. The lowest BCUT2D eigenvalue weighted by atomic mass is 10.1. The standard InChI is InChI=1S/C15H24N4O/c1-19-8-6-12(7-9-19)17-14-5-4-13(16)15(18-14)20-10-11-2-3-11/h4-5,11-12H,2-3,6-10,16H2,1H3,(H,17,18). The Morgan fingerprint density at radius 2 is 2.05 bits per heavy atom. The van der Waals surface area contributed by atoms with E-state index in [4.69, 9.17) is 10.5 Å². The summed E-state index contributed by atoms with van der Waals surface area (Å²) in [5.74, 6) is 2.16. The molecule has 0 aromatic carbocycles. The van der Waals surface area contributed by atoms with Gasteiger partial charge in [0.25, 0.3) is 0 Å². The van der Waals surface area contributed by atoms with Gasteiger partial charge < -0.3 is 20.7 Å². The Kier molecular flexibility index (Phi) is 3.96. The van der Waals surface area contributed by atoms with Crippen molar-refractivity contribution in [2.24, 2.45) is 5.92 Å². The van der Waals surface area contributed by atoms with Crippen LogP contribution in [0, 0.1) is 5.92 Å². The van der Waals surface area contributed by atoms with Gasteiger partial charge in [-0.05, 0) is 63.9 Å². The molecule has 1 aromatic heterocycles. The van der Waals surface area contributed by atoms with Crippen molar-refractivity contribution in [3.8, 4) is 5.88 Å². The molecule has 2 heterocycles. The molecule has 5 heteroatoms. The number of likely N-dealkylation sites (tertiary alicyclic amines) is 1. The third-order valence-corrected chi connectivity index (χ3v) is 4.11. The van der Waals surface area contributed by atoms with Gasteiger partial charge in [0.1, 0.15) is 5.82 Å². The van der Waals surface area contributed by atoms with Crippen LogP contribution in [0.2, 0.25) is 0 Å². The molecular weight excluding hydrogens is 252 g/mol. The van der Waals surface area contributed by atoms with Gasteiger partial charge >= 0.3 is 0 Å². The molecule has 0 bridgehead atoms. The zero-order valence-corrected chi connectivity index (χ0v) is 12.1. The minimum atomic E-state index is 0.499. The molecule has 110 valence electrons. The van der Waals surface area contributed by atoms with Crippen molar-refractivity contribution in [1.29, 1.82) is 0 Å². The summed E-state index contributed by atoms with van der Waals surface area (Å²) < 4.78 is 5.72. The molecule has 1 saturated carbocycles. The van der Waals surface area contributed by atoms with E-state index in [-0.39, 0.29) is 0 Å². The summed E-state index contributed by atoms with van der Waals surface area (Å²) in [7, 11) is 2.17. The highest BCUT2D eigenvalue weighted by molar-refractivity contribution is 5.53. The number of piperidine rings is 1. The Morgan fingerprint density at radius 3 is 2.75 bits per heavy atom. The van der Waals surface area contributed by atoms with Gasteiger partial charge in [-0.3, -0.25) is 0 Å². The quantitative estimate of drug-likeness (QED) is 0.860. The summed E-state index contributed by atoms with van der Waals surface area (Å²) in [5, 5.41) is 3.50. The van der Waals surface area contributed by atoms with E-state index >= 15 is 0 Å². The molecule has 2 aliphatic rings. The summed E-state index contributed by atoms with van der Waals surface area (Å²) in [6, 6.07) is 4.32.